The van der Waals surface area contributed by atoms with Gasteiger partial charge in [-0.1, -0.05) is 0 Å². The predicted molar refractivity (Wildman–Crippen MR) is 60.7 cm³/mol. The highest BCUT2D eigenvalue weighted by atomic mass is 19.3. The molecule has 1 aliphatic carbocycles. The first-order chi connectivity index (χ1) is 8.02. The van der Waals surface area contributed by atoms with Crippen molar-refractivity contribution in [2.75, 3.05) is 18.0 Å². The van der Waals surface area contributed by atoms with Crippen molar-refractivity contribution in [3.63, 3.8) is 0 Å². The number of halogens is 2. The lowest BCUT2D eigenvalue weighted by Gasteiger charge is -2.59. The predicted octanol–water partition coefficient (Wildman–Crippen LogP) is 3.32. The van der Waals surface area contributed by atoms with E-state index in [2.05, 4.69) is 10.1 Å². The van der Waals surface area contributed by atoms with Gasteiger partial charge in [0.1, 0.15) is 5.69 Å². The highest BCUT2D eigenvalue weighted by Crippen LogP contribution is 2.57. The molecule has 1 saturated carbocycles. The Morgan fingerprint density at radius 3 is 2.18 bits per heavy atom. The van der Waals surface area contributed by atoms with Crippen LogP contribution in [0.15, 0.2) is 29.4 Å². The van der Waals surface area contributed by atoms with Gasteiger partial charge in [-0.3, -0.25) is 0 Å². The molecule has 1 heterocycles. The normalized spacial score (nSPS) is 24.0. The molecule has 0 N–H and O–H groups in total. The molecular formula is C12H12F2N2O. The maximum atomic E-state index is 12.8. The van der Waals surface area contributed by atoms with E-state index in [9.17, 15) is 13.7 Å². The lowest BCUT2D eigenvalue weighted by atomic mass is 9.61. The number of hydrogen-bond acceptors (Lipinski definition) is 3. The monoisotopic (exact) mass is 238 g/mol. The van der Waals surface area contributed by atoms with Crippen LogP contribution in [0.2, 0.25) is 0 Å². The van der Waals surface area contributed by atoms with E-state index in [1.165, 1.54) is 0 Å². The molecule has 3 rings (SSSR count). The molecule has 0 amide bonds. The third kappa shape index (κ3) is 1.69. The first-order valence-electron chi connectivity index (χ1n) is 5.58. The molecule has 1 spiro atoms. The lowest BCUT2D eigenvalue weighted by molar-refractivity contribution is -0.170. The van der Waals surface area contributed by atoms with E-state index in [-0.39, 0.29) is 18.3 Å². The second-order valence-corrected chi connectivity index (χ2v) is 5.17. The molecule has 17 heavy (non-hydrogen) atoms. The van der Waals surface area contributed by atoms with E-state index < -0.39 is 5.92 Å². The Hall–Kier alpha value is -1.52. The van der Waals surface area contributed by atoms with E-state index in [1.807, 2.05) is 0 Å². The standard InChI is InChI=1S/C12H12F2N2O/c13-12(14)5-11(6-12)7-16(8-11)10-3-1-9(15-17)2-4-10/h1-4H,5-8H2. The van der Waals surface area contributed by atoms with Crippen LogP contribution in [0.4, 0.5) is 20.2 Å². The van der Waals surface area contributed by atoms with Crippen molar-refractivity contribution in [3.8, 4) is 0 Å². The Labute approximate surface area is 97.4 Å². The fraction of sp³-hybridized carbons (Fsp3) is 0.500. The molecule has 5 heteroatoms. The van der Waals surface area contributed by atoms with E-state index in [4.69, 9.17) is 0 Å². The number of alkyl halides is 2. The third-order valence-corrected chi connectivity index (χ3v) is 3.64. The zero-order chi connectivity index (χ0) is 12.1. The minimum atomic E-state index is -2.45. The largest absolute Gasteiger partial charge is 0.370 e. The van der Waals surface area contributed by atoms with Gasteiger partial charge in [-0.2, -0.15) is 0 Å². The maximum absolute atomic E-state index is 12.8. The van der Waals surface area contributed by atoms with Gasteiger partial charge in [-0.25, -0.2) is 8.78 Å². The quantitative estimate of drug-likeness (QED) is 0.740. The summed E-state index contributed by atoms with van der Waals surface area (Å²) in [6.07, 6.45) is 0.0367. The number of hydrogen-bond donors (Lipinski definition) is 0. The van der Waals surface area contributed by atoms with Crippen molar-refractivity contribution in [1.29, 1.82) is 0 Å². The van der Waals surface area contributed by atoms with Gasteiger partial charge in [-0.15, -0.1) is 4.91 Å². The second-order valence-electron chi connectivity index (χ2n) is 5.17. The van der Waals surface area contributed by atoms with E-state index >= 15 is 0 Å². The Bertz CT molecular complexity index is 442. The molecule has 1 aromatic rings. The highest BCUT2D eigenvalue weighted by molar-refractivity contribution is 5.55. The summed E-state index contributed by atoms with van der Waals surface area (Å²) in [7, 11) is 0. The van der Waals surface area contributed by atoms with Gasteiger partial charge in [0.25, 0.3) is 0 Å². The number of anilines is 1. The van der Waals surface area contributed by atoms with Crippen LogP contribution in [0.25, 0.3) is 0 Å². The van der Waals surface area contributed by atoms with Crippen LogP contribution < -0.4 is 4.90 Å². The number of nitrogens with zero attached hydrogens (tertiary/aromatic N) is 2. The summed E-state index contributed by atoms with van der Waals surface area (Å²) >= 11 is 0. The van der Waals surface area contributed by atoms with Crippen molar-refractivity contribution in [1.82, 2.24) is 0 Å². The zero-order valence-corrected chi connectivity index (χ0v) is 9.20. The molecule has 0 bridgehead atoms. The SMILES string of the molecule is O=Nc1ccc(N2CC3(C2)CC(F)(F)C3)cc1. The number of benzene rings is 1. The Balaban J connectivity index is 1.63. The van der Waals surface area contributed by atoms with Crippen molar-refractivity contribution in [3.05, 3.63) is 29.2 Å². The first kappa shape index (κ1) is 10.6. The first-order valence-corrected chi connectivity index (χ1v) is 5.58. The third-order valence-electron chi connectivity index (χ3n) is 3.64. The number of rotatable bonds is 2. The van der Waals surface area contributed by atoms with Crippen molar-refractivity contribution in [2.45, 2.75) is 18.8 Å². The van der Waals surface area contributed by atoms with Gasteiger partial charge >= 0.3 is 0 Å². The fourth-order valence-electron chi connectivity index (χ4n) is 2.94. The van der Waals surface area contributed by atoms with Crippen LogP contribution in [0, 0.1) is 10.3 Å². The number of nitroso groups, excluding NO2 is 1. The topological polar surface area (TPSA) is 32.7 Å². The minimum absolute atomic E-state index is 0.0183. The van der Waals surface area contributed by atoms with E-state index in [0.29, 0.717) is 18.8 Å². The Morgan fingerprint density at radius 1 is 1.12 bits per heavy atom. The van der Waals surface area contributed by atoms with Crippen molar-refractivity contribution >= 4 is 11.4 Å². The van der Waals surface area contributed by atoms with Gasteiger partial charge < -0.3 is 4.90 Å². The Morgan fingerprint density at radius 2 is 1.71 bits per heavy atom. The maximum Gasteiger partial charge on any atom is 0.249 e. The molecule has 1 saturated heterocycles. The van der Waals surface area contributed by atoms with Crippen molar-refractivity contribution < 1.29 is 8.78 Å². The van der Waals surface area contributed by atoms with Crippen molar-refractivity contribution in [2.24, 2.45) is 10.6 Å². The van der Waals surface area contributed by atoms with Crippen LogP contribution in [-0.4, -0.2) is 19.0 Å². The van der Waals surface area contributed by atoms with Gasteiger partial charge in [0.05, 0.1) is 0 Å². The van der Waals surface area contributed by atoms with Gasteiger partial charge in [-0.05, 0) is 29.4 Å². The summed E-state index contributed by atoms with van der Waals surface area (Å²) in [5, 5.41) is 2.82. The molecule has 1 aliphatic heterocycles. The highest BCUT2D eigenvalue weighted by Gasteiger charge is 2.61. The average Bonchev–Trinajstić information content (AvgIpc) is 2.22. The summed E-state index contributed by atoms with van der Waals surface area (Å²) in [6, 6.07) is 6.90. The van der Waals surface area contributed by atoms with Crippen LogP contribution in [0.3, 0.4) is 0 Å². The summed E-state index contributed by atoms with van der Waals surface area (Å²) in [6.45, 7) is 1.38. The fourth-order valence-corrected chi connectivity index (χ4v) is 2.94. The molecule has 0 unspecified atom stereocenters. The summed E-state index contributed by atoms with van der Waals surface area (Å²) in [5.74, 6) is -2.45. The molecule has 0 aromatic heterocycles. The van der Waals surface area contributed by atoms with Crippen LogP contribution in [0.1, 0.15) is 12.8 Å². The van der Waals surface area contributed by atoms with Gasteiger partial charge in [0.15, 0.2) is 0 Å². The molecule has 1 aromatic carbocycles. The van der Waals surface area contributed by atoms with Crippen LogP contribution in [0.5, 0.6) is 0 Å². The van der Waals surface area contributed by atoms with Gasteiger partial charge in [0.2, 0.25) is 5.92 Å². The molecular weight excluding hydrogens is 226 g/mol. The smallest absolute Gasteiger partial charge is 0.249 e. The lowest BCUT2D eigenvalue weighted by Crippen LogP contribution is -2.65. The summed E-state index contributed by atoms with van der Waals surface area (Å²) < 4.78 is 25.6. The summed E-state index contributed by atoms with van der Waals surface area (Å²) in [4.78, 5) is 12.3. The van der Waals surface area contributed by atoms with Crippen LogP contribution >= 0.6 is 0 Å². The minimum Gasteiger partial charge on any atom is -0.370 e. The molecule has 0 atom stereocenters. The molecule has 2 fully saturated rings. The second kappa shape index (κ2) is 3.24. The molecule has 2 aliphatic rings. The molecule has 0 radical (unpaired) electrons. The van der Waals surface area contributed by atoms with E-state index in [0.717, 1.165) is 5.69 Å². The van der Waals surface area contributed by atoms with Gasteiger partial charge in [0, 0.05) is 37.0 Å². The van der Waals surface area contributed by atoms with E-state index in [1.54, 1.807) is 24.3 Å². The summed E-state index contributed by atoms with van der Waals surface area (Å²) in [5.41, 5.74) is 1.20. The molecule has 3 nitrogen and oxygen atoms in total. The average molecular weight is 238 g/mol. The van der Waals surface area contributed by atoms with Crippen LogP contribution in [-0.2, 0) is 0 Å². The zero-order valence-electron chi connectivity index (χ0n) is 9.20. The molecule has 90 valence electrons. The Kier molecular flexibility index (Phi) is 2.03.